The Morgan fingerprint density at radius 2 is 2.16 bits per heavy atom. The summed E-state index contributed by atoms with van der Waals surface area (Å²) in [4.78, 5) is 7.85. The summed E-state index contributed by atoms with van der Waals surface area (Å²) in [5.74, 6) is -0.117. The summed E-state index contributed by atoms with van der Waals surface area (Å²) >= 11 is 5.89. The molecule has 0 atom stereocenters. The largest absolute Gasteiger partial charge is 0.242 e. The number of halogens is 2. The molecule has 0 unspecified atom stereocenters. The first-order valence-electron chi connectivity index (χ1n) is 7.12. The van der Waals surface area contributed by atoms with Crippen LogP contribution in [0.25, 0.3) is 5.82 Å². The van der Waals surface area contributed by atoms with Crippen LogP contribution in [0.4, 0.5) is 4.39 Å². The number of aryl methyl sites for hydroxylation is 1. The molecule has 0 aliphatic rings. The van der Waals surface area contributed by atoms with Crippen LogP contribution in [0.15, 0.2) is 48.0 Å². The SMILES string of the molecule is Cc1cc(S(=O)(=O)NCc2cccnc2-n2cncn2)c(Cl)cc1F. The van der Waals surface area contributed by atoms with Gasteiger partial charge in [0.25, 0.3) is 0 Å². The van der Waals surface area contributed by atoms with Crippen molar-refractivity contribution < 1.29 is 12.8 Å². The molecule has 0 radical (unpaired) electrons. The number of hydrogen-bond acceptors (Lipinski definition) is 5. The molecule has 2 heterocycles. The third-order valence-corrected chi connectivity index (χ3v) is 5.32. The lowest BCUT2D eigenvalue weighted by Crippen LogP contribution is -2.24. The van der Waals surface area contributed by atoms with E-state index in [9.17, 15) is 12.8 Å². The van der Waals surface area contributed by atoms with Crippen molar-refractivity contribution in [3.63, 3.8) is 0 Å². The summed E-state index contributed by atoms with van der Waals surface area (Å²) < 4.78 is 42.4. The molecule has 0 aliphatic carbocycles. The predicted octanol–water partition coefficient (Wildman–Crippen LogP) is 2.24. The summed E-state index contributed by atoms with van der Waals surface area (Å²) in [7, 11) is -3.94. The van der Waals surface area contributed by atoms with Crippen LogP contribution in [-0.4, -0.2) is 28.2 Å². The smallest absolute Gasteiger partial charge is 0.237 e. The average molecular weight is 382 g/mol. The molecule has 1 aromatic carbocycles. The molecule has 3 rings (SSSR count). The lowest BCUT2D eigenvalue weighted by atomic mass is 10.2. The van der Waals surface area contributed by atoms with E-state index in [4.69, 9.17) is 11.6 Å². The van der Waals surface area contributed by atoms with Gasteiger partial charge in [-0.15, -0.1) is 0 Å². The summed E-state index contributed by atoms with van der Waals surface area (Å²) in [5, 5.41) is 3.81. The predicted molar refractivity (Wildman–Crippen MR) is 89.3 cm³/mol. The van der Waals surface area contributed by atoms with Gasteiger partial charge in [-0.2, -0.15) is 5.10 Å². The van der Waals surface area contributed by atoms with Gasteiger partial charge in [-0.3, -0.25) is 0 Å². The standard InChI is InChI=1S/C15H13ClFN5O2S/c1-10-5-14(12(16)6-13(10)17)25(23,24)21-7-11-3-2-4-19-15(11)22-9-18-8-20-22/h2-6,8-9,21H,7H2,1H3. The third-order valence-electron chi connectivity index (χ3n) is 3.46. The van der Waals surface area contributed by atoms with Crippen LogP contribution in [0, 0.1) is 12.7 Å². The Morgan fingerprint density at radius 3 is 2.88 bits per heavy atom. The lowest BCUT2D eigenvalue weighted by Gasteiger charge is -2.11. The maximum atomic E-state index is 13.5. The van der Waals surface area contributed by atoms with Crippen LogP contribution >= 0.6 is 11.6 Å². The fraction of sp³-hybridized carbons (Fsp3) is 0.133. The molecule has 10 heteroatoms. The quantitative estimate of drug-likeness (QED) is 0.732. The first kappa shape index (κ1) is 17.5. The second-order valence-electron chi connectivity index (χ2n) is 5.18. The highest BCUT2D eigenvalue weighted by Gasteiger charge is 2.20. The molecule has 0 saturated carbocycles. The van der Waals surface area contributed by atoms with Gasteiger partial charge in [0.05, 0.1) is 5.02 Å². The van der Waals surface area contributed by atoms with Gasteiger partial charge >= 0.3 is 0 Å². The molecular formula is C15H13ClFN5O2S. The van der Waals surface area contributed by atoms with E-state index in [1.165, 1.54) is 30.3 Å². The normalized spacial score (nSPS) is 11.6. The van der Waals surface area contributed by atoms with Crippen molar-refractivity contribution >= 4 is 21.6 Å². The van der Waals surface area contributed by atoms with E-state index in [0.29, 0.717) is 11.4 Å². The third kappa shape index (κ3) is 3.68. The molecule has 25 heavy (non-hydrogen) atoms. The molecule has 2 aromatic heterocycles. The van der Waals surface area contributed by atoms with Gasteiger partial charge in [-0.05, 0) is 30.7 Å². The van der Waals surface area contributed by atoms with Crippen molar-refractivity contribution in [1.29, 1.82) is 0 Å². The van der Waals surface area contributed by atoms with Crippen LogP contribution in [0.1, 0.15) is 11.1 Å². The maximum absolute atomic E-state index is 13.5. The van der Waals surface area contributed by atoms with Crippen molar-refractivity contribution in [2.24, 2.45) is 0 Å². The van der Waals surface area contributed by atoms with E-state index in [0.717, 1.165) is 6.07 Å². The van der Waals surface area contributed by atoms with E-state index in [2.05, 4.69) is 19.8 Å². The molecule has 0 bridgehead atoms. The number of rotatable bonds is 5. The van der Waals surface area contributed by atoms with Gasteiger partial charge in [0, 0.05) is 18.3 Å². The van der Waals surface area contributed by atoms with Crippen LogP contribution in [-0.2, 0) is 16.6 Å². The molecule has 1 N–H and O–H groups in total. The van der Waals surface area contributed by atoms with Crippen molar-refractivity contribution in [1.82, 2.24) is 24.5 Å². The Bertz CT molecular complexity index is 1010. The van der Waals surface area contributed by atoms with Crippen molar-refractivity contribution in [3.05, 3.63) is 65.1 Å². The number of sulfonamides is 1. The number of nitrogens with one attached hydrogen (secondary N) is 1. The Labute approximate surface area is 148 Å². The zero-order chi connectivity index (χ0) is 18.0. The van der Waals surface area contributed by atoms with Crippen LogP contribution in [0.3, 0.4) is 0 Å². The van der Waals surface area contributed by atoms with Gasteiger partial charge in [0.1, 0.15) is 23.4 Å². The van der Waals surface area contributed by atoms with Crippen LogP contribution < -0.4 is 4.72 Å². The highest BCUT2D eigenvalue weighted by Crippen LogP contribution is 2.25. The molecule has 7 nitrogen and oxygen atoms in total. The molecule has 0 amide bonds. The Balaban J connectivity index is 1.88. The van der Waals surface area contributed by atoms with Gasteiger partial charge in [-0.1, -0.05) is 17.7 Å². The van der Waals surface area contributed by atoms with E-state index in [1.807, 2.05) is 0 Å². The molecular weight excluding hydrogens is 369 g/mol. The molecule has 3 aromatic rings. The average Bonchev–Trinajstić information content (AvgIpc) is 3.11. The van der Waals surface area contributed by atoms with Crippen LogP contribution in [0.5, 0.6) is 0 Å². The molecule has 0 spiro atoms. The van der Waals surface area contributed by atoms with Gasteiger partial charge in [0.15, 0.2) is 5.82 Å². The topological polar surface area (TPSA) is 89.8 Å². The van der Waals surface area contributed by atoms with Crippen molar-refractivity contribution in [3.8, 4) is 5.82 Å². The fourth-order valence-electron chi connectivity index (χ4n) is 2.18. The monoisotopic (exact) mass is 381 g/mol. The summed E-state index contributed by atoms with van der Waals surface area (Å²) in [6, 6.07) is 5.57. The van der Waals surface area contributed by atoms with E-state index in [-0.39, 0.29) is 22.0 Å². The maximum Gasteiger partial charge on any atom is 0.242 e. The number of benzene rings is 1. The van der Waals surface area contributed by atoms with E-state index < -0.39 is 15.8 Å². The first-order chi connectivity index (χ1) is 11.9. The summed E-state index contributed by atoms with van der Waals surface area (Å²) in [6.07, 6.45) is 4.37. The fourth-order valence-corrected chi connectivity index (χ4v) is 3.78. The van der Waals surface area contributed by atoms with E-state index in [1.54, 1.807) is 18.3 Å². The zero-order valence-electron chi connectivity index (χ0n) is 13.0. The van der Waals surface area contributed by atoms with Gasteiger partial charge in [0.2, 0.25) is 10.0 Å². The van der Waals surface area contributed by atoms with Crippen molar-refractivity contribution in [2.45, 2.75) is 18.4 Å². The molecule has 130 valence electrons. The van der Waals surface area contributed by atoms with Crippen molar-refractivity contribution in [2.75, 3.05) is 0 Å². The Kier molecular flexibility index (Phi) is 4.80. The first-order valence-corrected chi connectivity index (χ1v) is 8.99. The zero-order valence-corrected chi connectivity index (χ0v) is 14.6. The number of hydrogen-bond donors (Lipinski definition) is 1. The minimum Gasteiger partial charge on any atom is -0.237 e. The highest BCUT2D eigenvalue weighted by atomic mass is 35.5. The molecule has 0 saturated heterocycles. The van der Waals surface area contributed by atoms with E-state index >= 15 is 0 Å². The summed E-state index contributed by atoms with van der Waals surface area (Å²) in [5.41, 5.74) is 0.779. The number of nitrogens with zero attached hydrogens (tertiary/aromatic N) is 4. The minimum atomic E-state index is -3.94. The van der Waals surface area contributed by atoms with Crippen LogP contribution in [0.2, 0.25) is 5.02 Å². The minimum absolute atomic E-state index is 0.0435. The second-order valence-corrected chi connectivity index (χ2v) is 7.33. The van der Waals surface area contributed by atoms with Gasteiger partial charge in [-0.25, -0.2) is 32.2 Å². The lowest BCUT2D eigenvalue weighted by molar-refractivity contribution is 0.579. The highest BCUT2D eigenvalue weighted by molar-refractivity contribution is 7.89. The summed E-state index contributed by atoms with van der Waals surface area (Å²) in [6.45, 7) is 1.42. The molecule has 0 fully saturated rings. The number of pyridine rings is 1. The Morgan fingerprint density at radius 1 is 1.36 bits per heavy atom. The molecule has 0 aliphatic heterocycles. The second kappa shape index (κ2) is 6.87. The van der Waals surface area contributed by atoms with Gasteiger partial charge < -0.3 is 0 Å². The Hall–Kier alpha value is -2.36. The number of aromatic nitrogens is 4.